The van der Waals surface area contributed by atoms with Crippen molar-refractivity contribution < 1.29 is 29.1 Å². The van der Waals surface area contributed by atoms with E-state index in [1.807, 2.05) is 0 Å². The summed E-state index contributed by atoms with van der Waals surface area (Å²) in [4.78, 5) is 32.9. The average molecular weight is 316 g/mol. The predicted octanol–water partition coefficient (Wildman–Crippen LogP) is 0.569. The molecule has 0 aliphatic carbocycles. The van der Waals surface area contributed by atoms with Crippen LogP contribution in [-0.2, 0) is 20.1 Å². The van der Waals surface area contributed by atoms with Gasteiger partial charge in [0.1, 0.15) is 11.8 Å². The third-order valence-corrected chi connectivity index (χ3v) is 3.63. The second kappa shape index (κ2) is 7.67. The highest BCUT2D eigenvalue weighted by Crippen LogP contribution is 2.19. The van der Waals surface area contributed by atoms with Gasteiger partial charge in [-0.15, -0.1) is 11.8 Å². The fourth-order valence-electron chi connectivity index (χ4n) is 1.56. The van der Waals surface area contributed by atoms with Gasteiger partial charge in [0.2, 0.25) is 5.91 Å². The zero-order chi connectivity index (χ0) is 16.0. The summed E-state index contributed by atoms with van der Waals surface area (Å²) < 4.78 is 4.99. The summed E-state index contributed by atoms with van der Waals surface area (Å²) in [5.74, 6) is -1.98. The molecular weight excluding hydrogens is 300 g/mol. The van der Waals surface area contributed by atoms with Crippen LogP contribution in [0.5, 0.6) is 0 Å². The molecule has 1 aromatic heterocycles. The molecule has 0 fully saturated rings. The molecule has 1 aromatic rings. The van der Waals surface area contributed by atoms with Crippen molar-refractivity contribution in [3.05, 3.63) is 17.0 Å². The smallest absolute Gasteiger partial charge is 0.326 e. The van der Waals surface area contributed by atoms with Gasteiger partial charge in [-0.05, 0) is 13.8 Å². The number of carboxylic acids is 2. The topological polar surface area (TPSA) is 130 Å². The Morgan fingerprint density at radius 2 is 2.00 bits per heavy atom. The molecule has 0 spiro atoms. The van der Waals surface area contributed by atoms with Crippen molar-refractivity contribution in [1.82, 2.24) is 10.5 Å². The molecule has 0 unspecified atom stereocenters. The summed E-state index contributed by atoms with van der Waals surface area (Å²) in [6.45, 7) is 3.56. The Balaban J connectivity index is 2.43. The molecule has 0 aromatic carbocycles. The molecule has 3 N–H and O–H groups in total. The summed E-state index contributed by atoms with van der Waals surface area (Å²) in [5.41, 5.74) is 1.64. The first-order chi connectivity index (χ1) is 9.81. The minimum absolute atomic E-state index is 0.0213. The Morgan fingerprint density at radius 3 is 2.48 bits per heavy atom. The number of carboxylic acid groups (broad SMARTS) is 2. The van der Waals surface area contributed by atoms with E-state index >= 15 is 0 Å². The van der Waals surface area contributed by atoms with E-state index in [0.717, 1.165) is 11.3 Å². The highest BCUT2D eigenvalue weighted by molar-refractivity contribution is 7.99. The molecule has 0 aliphatic rings. The van der Waals surface area contributed by atoms with Crippen molar-refractivity contribution in [2.45, 2.75) is 32.1 Å². The Hall–Kier alpha value is -2.03. The predicted molar refractivity (Wildman–Crippen MR) is 74.0 cm³/mol. The minimum Gasteiger partial charge on any atom is -0.481 e. The van der Waals surface area contributed by atoms with Gasteiger partial charge in [0.15, 0.2) is 0 Å². The second-order valence-corrected chi connectivity index (χ2v) is 5.34. The van der Waals surface area contributed by atoms with Crippen LogP contribution >= 0.6 is 11.8 Å². The lowest BCUT2D eigenvalue weighted by Gasteiger charge is -2.12. The van der Waals surface area contributed by atoms with Gasteiger partial charge in [-0.25, -0.2) is 4.79 Å². The first-order valence-corrected chi connectivity index (χ1v) is 7.20. The molecule has 116 valence electrons. The van der Waals surface area contributed by atoms with Gasteiger partial charge in [-0.1, -0.05) is 5.16 Å². The lowest BCUT2D eigenvalue weighted by molar-refractivity contribution is -0.147. The van der Waals surface area contributed by atoms with Crippen LogP contribution in [0, 0.1) is 13.8 Å². The van der Waals surface area contributed by atoms with E-state index in [1.165, 1.54) is 11.8 Å². The van der Waals surface area contributed by atoms with Crippen LogP contribution in [0.4, 0.5) is 0 Å². The molecule has 0 aliphatic heterocycles. The van der Waals surface area contributed by atoms with Crippen LogP contribution in [0.15, 0.2) is 4.52 Å². The molecule has 0 saturated heterocycles. The molecule has 0 radical (unpaired) electrons. The van der Waals surface area contributed by atoms with Crippen LogP contribution < -0.4 is 5.32 Å². The fourth-order valence-corrected chi connectivity index (χ4v) is 2.55. The molecule has 8 nitrogen and oxygen atoms in total. The maximum Gasteiger partial charge on any atom is 0.326 e. The van der Waals surface area contributed by atoms with E-state index in [1.54, 1.807) is 13.8 Å². The van der Waals surface area contributed by atoms with Gasteiger partial charge in [0, 0.05) is 11.3 Å². The van der Waals surface area contributed by atoms with Gasteiger partial charge < -0.3 is 20.1 Å². The summed E-state index contributed by atoms with van der Waals surface area (Å²) >= 11 is 1.27. The normalized spacial score (nSPS) is 11.9. The number of aryl methyl sites for hydroxylation is 2. The minimum atomic E-state index is -1.42. The highest BCUT2D eigenvalue weighted by Gasteiger charge is 2.22. The van der Waals surface area contributed by atoms with E-state index < -0.39 is 30.3 Å². The summed E-state index contributed by atoms with van der Waals surface area (Å²) in [7, 11) is 0. The van der Waals surface area contributed by atoms with Crippen LogP contribution in [0.3, 0.4) is 0 Å². The van der Waals surface area contributed by atoms with E-state index in [9.17, 15) is 14.4 Å². The van der Waals surface area contributed by atoms with Crippen LogP contribution in [0.1, 0.15) is 23.4 Å². The Bertz CT molecular complexity index is 522. The number of hydrogen-bond donors (Lipinski definition) is 3. The Kier molecular flexibility index (Phi) is 6.22. The molecular formula is C12H16N2O6S. The van der Waals surface area contributed by atoms with E-state index in [0.29, 0.717) is 11.5 Å². The monoisotopic (exact) mass is 316 g/mol. The average Bonchev–Trinajstić information content (AvgIpc) is 2.69. The molecule has 21 heavy (non-hydrogen) atoms. The maximum atomic E-state index is 11.6. The molecule has 1 rings (SSSR count). The number of nitrogens with zero attached hydrogens (tertiary/aromatic N) is 1. The summed E-state index contributed by atoms with van der Waals surface area (Å²) in [5, 5.41) is 23.3. The van der Waals surface area contributed by atoms with Crippen molar-refractivity contribution in [3.63, 3.8) is 0 Å². The first-order valence-electron chi connectivity index (χ1n) is 6.04. The first kappa shape index (κ1) is 17.0. The summed E-state index contributed by atoms with van der Waals surface area (Å²) in [6.07, 6.45) is -0.657. The fraction of sp³-hybridized carbons (Fsp3) is 0.500. The van der Waals surface area contributed by atoms with Gasteiger partial charge in [0.25, 0.3) is 0 Å². The lowest BCUT2D eigenvalue weighted by Crippen LogP contribution is -2.43. The van der Waals surface area contributed by atoms with Crippen LogP contribution in [0.2, 0.25) is 0 Å². The third kappa shape index (κ3) is 5.46. The SMILES string of the molecule is Cc1noc(C)c1CSCC(=O)N[C@H](CC(=O)O)C(=O)O. The number of hydrogen-bond acceptors (Lipinski definition) is 6. The number of nitrogens with one attached hydrogen (secondary N) is 1. The molecule has 1 amide bonds. The lowest BCUT2D eigenvalue weighted by atomic mass is 10.2. The van der Waals surface area contributed by atoms with Crippen molar-refractivity contribution in [1.29, 1.82) is 0 Å². The Labute approximate surface area is 124 Å². The highest BCUT2D eigenvalue weighted by atomic mass is 32.2. The quantitative estimate of drug-likeness (QED) is 0.634. The largest absolute Gasteiger partial charge is 0.481 e. The van der Waals surface area contributed by atoms with Crippen molar-refractivity contribution in [2.75, 3.05) is 5.75 Å². The number of aromatic nitrogens is 1. The van der Waals surface area contributed by atoms with E-state index in [2.05, 4.69) is 10.5 Å². The Morgan fingerprint density at radius 1 is 1.33 bits per heavy atom. The standard InChI is InChI=1S/C12H16N2O6S/c1-6-8(7(2)20-14-6)4-21-5-10(15)13-9(12(18)19)3-11(16)17/h9H,3-5H2,1-2H3,(H,13,15)(H,16,17)(H,18,19)/t9-/m1/s1. The van der Waals surface area contributed by atoms with Crippen molar-refractivity contribution in [2.24, 2.45) is 0 Å². The van der Waals surface area contributed by atoms with E-state index in [4.69, 9.17) is 14.7 Å². The number of amides is 1. The zero-order valence-corrected chi connectivity index (χ0v) is 12.4. The van der Waals surface area contributed by atoms with Crippen LogP contribution in [0.25, 0.3) is 0 Å². The second-order valence-electron chi connectivity index (χ2n) is 4.35. The van der Waals surface area contributed by atoms with Crippen molar-refractivity contribution >= 4 is 29.6 Å². The third-order valence-electron chi connectivity index (χ3n) is 2.67. The molecule has 0 saturated carbocycles. The number of rotatable bonds is 8. The number of carbonyl (C=O) groups excluding carboxylic acids is 1. The van der Waals surface area contributed by atoms with Gasteiger partial charge in [0.05, 0.1) is 17.9 Å². The van der Waals surface area contributed by atoms with E-state index in [-0.39, 0.29) is 5.75 Å². The van der Waals surface area contributed by atoms with Gasteiger partial charge in [-0.2, -0.15) is 0 Å². The van der Waals surface area contributed by atoms with Crippen LogP contribution in [-0.4, -0.2) is 45.0 Å². The molecule has 1 heterocycles. The number of carbonyl (C=O) groups is 3. The molecule has 1 atom stereocenters. The number of thioether (sulfide) groups is 1. The zero-order valence-electron chi connectivity index (χ0n) is 11.6. The molecule has 9 heteroatoms. The van der Waals surface area contributed by atoms with Gasteiger partial charge >= 0.3 is 11.9 Å². The molecule has 0 bridgehead atoms. The van der Waals surface area contributed by atoms with Gasteiger partial charge in [-0.3, -0.25) is 9.59 Å². The maximum absolute atomic E-state index is 11.6. The van der Waals surface area contributed by atoms with Crippen molar-refractivity contribution in [3.8, 4) is 0 Å². The summed E-state index contributed by atoms with van der Waals surface area (Å²) in [6, 6.07) is -1.42. The number of aliphatic carboxylic acids is 2.